The fourth-order valence-electron chi connectivity index (χ4n) is 3.08. The minimum atomic E-state index is -4.89. The van der Waals surface area contributed by atoms with Gasteiger partial charge in [-0.05, 0) is 33.8 Å². The molecule has 1 aliphatic rings. The van der Waals surface area contributed by atoms with Crippen LogP contribution >= 0.6 is 7.82 Å². The van der Waals surface area contributed by atoms with E-state index in [0.29, 0.717) is 4.57 Å². The smallest absolute Gasteiger partial charge is 0.435 e. The molecule has 2 rings (SSSR count). The van der Waals surface area contributed by atoms with Gasteiger partial charge in [-0.2, -0.15) is 0 Å². The molecule has 18 heteroatoms. The zero-order valence-electron chi connectivity index (χ0n) is 20.9. The van der Waals surface area contributed by atoms with E-state index < -0.39 is 82.4 Å². The van der Waals surface area contributed by atoms with E-state index in [9.17, 15) is 28.4 Å². The standard InChI is InChI=1S/C20H29F2N2O13P/c1-5-30-18(27)31-10-34-38(29,35-11-32-19(28)36-12(2)3)33-9-20(13(4)21)15(25)14(22)16(37-20)24-8-6-7-23-17(24)26/h6-8,12-16,25H,5,9-11H2,1-4H3/t13?,14-,15+,16-,20+,38?/m1/s1. The Hall–Kier alpha value is -2.69. The van der Waals surface area contributed by atoms with Crippen LogP contribution in [0.2, 0.25) is 0 Å². The number of nitrogens with zero attached hydrogens (tertiary/aromatic N) is 2. The topological polar surface area (TPSA) is 180 Å². The van der Waals surface area contributed by atoms with Crippen LogP contribution in [0.3, 0.4) is 0 Å². The maximum Gasteiger partial charge on any atom is 0.510 e. The Kier molecular flexibility index (Phi) is 11.5. The van der Waals surface area contributed by atoms with Gasteiger partial charge in [0.05, 0.1) is 19.3 Å². The van der Waals surface area contributed by atoms with E-state index >= 15 is 4.39 Å². The van der Waals surface area contributed by atoms with Crippen molar-refractivity contribution in [3.63, 3.8) is 0 Å². The van der Waals surface area contributed by atoms with Crippen molar-refractivity contribution in [2.24, 2.45) is 0 Å². The third-order valence-corrected chi connectivity index (χ3v) is 6.21. The molecule has 1 aromatic heterocycles. The van der Waals surface area contributed by atoms with Crippen molar-refractivity contribution in [2.75, 3.05) is 26.8 Å². The monoisotopic (exact) mass is 574 g/mol. The highest BCUT2D eigenvalue weighted by atomic mass is 31.2. The quantitative estimate of drug-likeness (QED) is 0.206. The van der Waals surface area contributed by atoms with Gasteiger partial charge in [-0.1, -0.05) is 0 Å². The molecule has 2 unspecified atom stereocenters. The molecule has 6 atom stereocenters. The number of halogens is 2. The number of hydrogen-bond donors (Lipinski definition) is 1. The summed E-state index contributed by atoms with van der Waals surface area (Å²) in [5.74, 6) is 0. The zero-order chi connectivity index (χ0) is 28.5. The number of ether oxygens (including phenoxy) is 5. The SMILES string of the molecule is CCOC(=O)OCOP(=O)(OCOC(=O)OC(C)C)OC[C@@]1(C(C)F)O[C@@H](n2cccnc2=O)[C@H](F)[C@@H]1O. The molecular weight excluding hydrogens is 545 g/mol. The Morgan fingerprint density at radius 2 is 1.82 bits per heavy atom. The van der Waals surface area contributed by atoms with Crippen molar-refractivity contribution in [2.45, 2.75) is 64.1 Å². The van der Waals surface area contributed by atoms with E-state index in [1.165, 1.54) is 26.8 Å². The highest BCUT2D eigenvalue weighted by Gasteiger charge is 2.60. The predicted octanol–water partition coefficient (Wildman–Crippen LogP) is 2.38. The molecule has 1 N–H and O–H groups in total. The molecule has 1 fully saturated rings. The van der Waals surface area contributed by atoms with Crippen LogP contribution in [0, 0.1) is 0 Å². The maximum atomic E-state index is 15.0. The molecule has 0 aromatic carbocycles. The fourth-order valence-corrected chi connectivity index (χ4v) is 4.02. The maximum absolute atomic E-state index is 15.0. The van der Waals surface area contributed by atoms with Crippen molar-refractivity contribution in [3.8, 4) is 0 Å². The summed E-state index contributed by atoms with van der Waals surface area (Å²) in [5.41, 5.74) is -3.48. The number of alkyl halides is 2. The lowest BCUT2D eigenvalue weighted by atomic mass is 9.92. The first-order valence-corrected chi connectivity index (χ1v) is 12.6. The van der Waals surface area contributed by atoms with E-state index in [-0.39, 0.29) is 6.61 Å². The van der Waals surface area contributed by atoms with Crippen molar-refractivity contribution in [1.82, 2.24) is 9.55 Å². The molecule has 2 heterocycles. The Morgan fingerprint density at radius 3 is 2.37 bits per heavy atom. The molecule has 1 aromatic rings. The predicted molar refractivity (Wildman–Crippen MR) is 119 cm³/mol. The van der Waals surface area contributed by atoms with Crippen LogP contribution in [0.25, 0.3) is 0 Å². The van der Waals surface area contributed by atoms with Crippen LogP contribution in [0.15, 0.2) is 23.3 Å². The van der Waals surface area contributed by atoms with Gasteiger partial charge in [0.1, 0.15) is 12.3 Å². The van der Waals surface area contributed by atoms with Gasteiger partial charge in [-0.15, -0.1) is 0 Å². The van der Waals surface area contributed by atoms with Gasteiger partial charge < -0.3 is 28.8 Å². The Bertz CT molecular complexity index is 1040. The van der Waals surface area contributed by atoms with Crippen LogP contribution in [-0.4, -0.2) is 83.9 Å². The largest absolute Gasteiger partial charge is 0.510 e. The minimum Gasteiger partial charge on any atom is -0.435 e. The number of phosphoric acid groups is 1. The first kappa shape index (κ1) is 31.5. The van der Waals surface area contributed by atoms with Crippen LogP contribution < -0.4 is 5.69 Å². The molecule has 0 spiro atoms. The van der Waals surface area contributed by atoms with E-state index in [2.05, 4.69) is 19.2 Å². The average molecular weight is 574 g/mol. The van der Waals surface area contributed by atoms with E-state index in [1.54, 1.807) is 0 Å². The van der Waals surface area contributed by atoms with Crippen LogP contribution in [0.4, 0.5) is 18.4 Å². The summed E-state index contributed by atoms with van der Waals surface area (Å²) in [6.07, 6.45) is -9.30. The highest BCUT2D eigenvalue weighted by molar-refractivity contribution is 7.48. The number of carbonyl (C=O) groups is 2. The Balaban J connectivity index is 2.20. The molecule has 1 aliphatic heterocycles. The number of aliphatic hydroxyl groups excluding tert-OH is 1. The normalized spacial score (nSPS) is 25.4. The first-order valence-electron chi connectivity index (χ1n) is 11.2. The molecule has 0 radical (unpaired) electrons. The lowest BCUT2D eigenvalue weighted by Gasteiger charge is -2.33. The highest BCUT2D eigenvalue weighted by Crippen LogP contribution is 2.52. The Morgan fingerprint density at radius 1 is 1.18 bits per heavy atom. The third kappa shape index (κ3) is 8.15. The molecule has 0 saturated carbocycles. The lowest BCUT2D eigenvalue weighted by molar-refractivity contribution is -0.161. The van der Waals surface area contributed by atoms with Crippen LogP contribution in [0.5, 0.6) is 0 Å². The van der Waals surface area contributed by atoms with Crippen LogP contribution in [-0.2, 0) is 41.8 Å². The number of carbonyl (C=O) groups excluding carboxylic acids is 2. The summed E-state index contributed by atoms with van der Waals surface area (Å²) in [6.45, 7) is 2.11. The summed E-state index contributed by atoms with van der Waals surface area (Å²) in [6, 6.07) is 1.28. The van der Waals surface area contributed by atoms with Crippen molar-refractivity contribution < 1.29 is 65.3 Å². The number of aliphatic hydroxyl groups is 1. The molecule has 1 saturated heterocycles. The lowest BCUT2D eigenvalue weighted by Crippen LogP contribution is -2.52. The second kappa shape index (κ2) is 13.9. The third-order valence-electron chi connectivity index (χ3n) is 4.92. The Labute approximate surface area is 215 Å². The fraction of sp³-hybridized carbons (Fsp3) is 0.700. The summed E-state index contributed by atoms with van der Waals surface area (Å²) in [4.78, 5) is 38.4. The van der Waals surface area contributed by atoms with Crippen LogP contribution in [0.1, 0.15) is 33.9 Å². The van der Waals surface area contributed by atoms with Gasteiger partial charge in [0.2, 0.25) is 13.6 Å². The van der Waals surface area contributed by atoms with Gasteiger partial charge in [0.15, 0.2) is 18.0 Å². The van der Waals surface area contributed by atoms with E-state index in [1.807, 2.05) is 0 Å². The van der Waals surface area contributed by atoms with Gasteiger partial charge in [-0.3, -0.25) is 9.09 Å². The average Bonchev–Trinajstić information content (AvgIpc) is 3.09. The second-order valence-electron chi connectivity index (χ2n) is 7.88. The van der Waals surface area contributed by atoms with Crippen molar-refractivity contribution in [3.05, 3.63) is 28.9 Å². The zero-order valence-corrected chi connectivity index (χ0v) is 21.8. The number of hydrogen-bond acceptors (Lipinski definition) is 14. The van der Waals surface area contributed by atoms with Crippen molar-refractivity contribution in [1.29, 1.82) is 0 Å². The molecule has 15 nitrogen and oxygen atoms in total. The van der Waals surface area contributed by atoms with E-state index in [4.69, 9.17) is 23.0 Å². The van der Waals surface area contributed by atoms with Crippen molar-refractivity contribution >= 4 is 20.1 Å². The summed E-state index contributed by atoms with van der Waals surface area (Å²) < 4.78 is 82.1. The summed E-state index contributed by atoms with van der Waals surface area (Å²) in [5, 5.41) is 10.5. The molecule has 216 valence electrons. The van der Waals surface area contributed by atoms with Gasteiger partial charge in [0, 0.05) is 12.4 Å². The summed E-state index contributed by atoms with van der Waals surface area (Å²) >= 11 is 0. The number of phosphoric ester groups is 1. The van der Waals surface area contributed by atoms with Gasteiger partial charge in [-0.25, -0.2) is 41.8 Å². The summed E-state index contributed by atoms with van der Waals surface area (Å²) in [7, 11) is -4.89. The number of rotatable bonds is 13. The van der Waals surface area contributed by atoms with Gasteiger partial charge >= 0.3 is 25.8 Å². The molecular formula is C20H29F2N2O13P. The molecule has 0 bridgehead atoms. The number of aromatic nitrogens is 2. The molecule has 38 heavy (non-hydrogen) atoms. The van der Waals surface area contributed by atoms with E-state index in [0.717, 1.165) is 19.3 Å². The first-order chi connectivity index (χ1) is 17.8. The van der Waals surface area contributed by atoms with Gasteiger partial charge in [0.25, 0.3) is 0 Å². The molecule has 0 amide bonds. The molecule has 0 aliphatic carbocycles. The minimum absolute atomic E-state index is 0.0486. The second-order valence-corrected chi connectivity index (χ2v) is 9.55.